The number of phenols is 1. The number of halogens is 1. The highest BCUT2D eigenvalue weighted by Crippen LogP contribution is 2.31. The molecule has 1 aromatic carbocycles. The van der Waals surface area contributed by atoms with Crippen LogP contribution in [0, 0.1) is 0 Å². The van der Waals surface area contributed by atoms with Crippen molar-refractivity contribution in [3.05, 3.63) is 29.3 Å². The minimum atomic E-state index is -2.28. The molecule has 1 aromatic rings. The van der Waals surface area contributed by atoms with E-state index in [1.807, 2.05) is 0 Å². The van der Waals surface area contributed by atoms with Gasteiger partial charge in [0.05, 0.1) is 13.3 Å². The van der Waals surface area contributed by atoms with Gasteiger partial charge in [-0.2, -0.15) is 0 Å². The predicted octanol–water partition coefficient (Wildman–Crippen LogP) is 0.0275. The summed E-state index contributed by atoms with van der Waals surface area (Å²) in [5.74, 6) is -1.53. The number of nitrogens with zero attached hydrogens (tertiary/aromatic N) is 2. The van der Waals surface area contributed by atoms with Crippen molar-refractivity contribution < 1.29 is 19.0 Å². The van der Waals surface area contributed by atoms with E-state index in [2.05, 4.69) is 14.7 Å². The van der Waals surface area contributed by atoms with Crippen LogP contribution in [0.3, 0.4) is 0 Å². The lowest BCUT2D eigenvalue weighted by Gasteiger charge is -2.25. The average Bonchev–Trinajstić information content (AvgIpc) is 2.42. The van der Waals surface area contributed by atoms with Crippen LogP contribution in [0.25, 0.3) is 0 Å². The normalized spacial score (nSPS) is 25.1. The third-order valence-corrected chi connectivity index (χ3v) is 2.87. The summed E-state index contributed by atoms with van der Waals surface area (Å²) >= 11 is 0. The molecular formula is C12H13FN4O3. The number of hydrogen-bond donors (Lipinski definition) is 3. The Kier molecular flexibility index (Phi) is 3.41. The summed E-state index contributed by atoms with van der Waals surface area (Å²) < 4.78 is 19.3. The molecule has 0 aliphatic carbocycles. The first kappa shape index (κ1) is 13.9. The lowest BCUT2D eigenvalue weighted by atomic mass is 9.93. The van der Waals surface area contributed by atoms with E-state index in [4.69, 9.17) is 11.5 Å². The topological polar surface area (TPSA) is 123 Å². The molecule has 0 spiro atoms. The predicted molar refractivity (Wildman–Crippen MR) is 70.3 cm³/mol. The summed E-state index contributed by atoms with van der Waals surface area (Å²) in [6, 6.07) is 3.59. The molecule has 1 aliphatic heterocycles. The molecule has 0 saturated heterocycles. The highest BCUT2D eigenvalue weighted by atomic mass is 19.1. The zero-order valence-electron chi connectivity index (χ0n) is 10.6. The molecule has 2 atom stereocenters. The molecular weight excluding hydrogens is 267 g/mol. The molecule has 0 radical (unpaired) electrons. The Morgan fingerprint density at radius 3 is 2.80 bits per heavy atom. The Morgan fingerprint density at radius 1 is 1.55 bits per heavy atom. The van der Waals surface area contributed by atoms with Crippen molar-refractivity contribution in [2.24, 2.45) is 21.5 Å². The van der Waals surface area contributed by atoms with Crippen LogP contribution in [-0.2, 0) is 10.4 Å². The first-order chi connectivity index (χ1) is 9.38. The van der Waals surface area contributed by atoms with Gasteiger partial charge in [-0.15, -0.1) is 0 Å². The molecule has 106 valence electrons. The molecule has 0 aromatic heterocycles. The smallest absolute Gasteiger partial charge is 0.341 e. The van der Waals surface area contributed by atoms with Gasteiger partial charge in [-0.25, -0.2) is 14.2 Å². The maximum Gasteiger partial charge on any atom is 0.341 e. The van der Waals surface area contributed by atoms with Crippen molar-refractivity contribution in [2.45, 2.75) is 12.0 Å². The Balaban J connectivity index is 2.45. The third kappa shape index (κ3) is 2.21. The molecule has 7 nitrogen and oxygen atoms in total. The monoisotopic (exact) mass is 280 g/mol. The third-order valence-electron chi connectivity index (χ3n) is 2.87. The Hall–Kier alpha value is -2.48. The number of amidine groups is 1. The van der Waals surface area contributed by atoms with Crippen LogP contribution in [0.2, 0.25) is 0 Å². The highest BCUT2D eigenvalue weighted by Gasteiger charge is 2.38. The molecule has 0 saturated carbocycles. The van der Waals surface area contributed by atoms with Gasteiger partial charge in [0.2, 0.25) is 5.67 Å². The van der Waals surface area contributed by atoms with E-state index < -0.39 is 23.7 Å². The summed E-state index contributed by atoms with van der Waals surface area (Å²) in [5.41, 5.74) is 8.56. The van der Waals surface area contributed by atoms with Gasteiger partial charge in [0.1, 0.15) is 17.1 Å². The number of esters is 1. The van der Waals surface area contributed by atoms with Crippen LogP contribution >= 0.6 is 0 Å². The molecule has 5 N–H and O–H groups in total. The molecule has 1 heterocycles. The van der Waals surface area contributed by atoms with Crippen LogP contribution in [0.15, 0.2) is 28.2 Å². The fourth-order valence-electron chi connectivity index (χ4n) is 1.78. The molecule has 0 fully saturated rings. The SMILES string of the molecule is COC(=O)c1ccc(C2(F)C=NC(N)N=C2N)cc1O. The number of alkyl halides is 1. The van der Waals surface area contributed by atoms with Gasteiger partial charge in [-0.1, -0.05) is 6.07 Å². The van der Waals surface area contributed by atoms with Gasteiger partial charge in [0.25, 0.3) is 0 Å². The molecule has 0 amide bonds. The molecule has 1 aliphatic rings. The van der Waals surface area contributed by atoms with Gasteiger partial charge < -0.3 is 15.6 Å². The van der Waals surface area contributed by atoms with Crippen molar-refractivity contribution in [3.8, 4) is 5.75 Å². The Labute approximate surface area is 113 Å². The largest absolute Gasteiger partial charge is 0.507 e. The minimum absolute atomic E-state index is 0.0143. The van der Waals surface area contributed by atoms with Gasteiger partial charge >= 0.3 is 5.97 Å². The quantitative estimate of drug-likeness (QED) is 0.659. The second-order valence-electron chi connectivity index (χ2n) is 4.14. The van der Waals surface area contributed by atoms with Crippen LogP contribution in [0.4, 0.5) is 4.39 Å². The Morgan fingerprint density at radius 2 is 2.25 bits per heavy atom. The maximum atomic E-state index is 14.8. The van der Waals surface area contributed by atoms with E-state index in [1.165, 1.54) is 19.2 Å². The van der Waals surface area contributed by atoms with Crippen LogP contribution in [0.1, 0.15) is 15.9 Å². The zero-order valence-corrected chi connectivity index (χ0v) is 10.6. The molecule has 0 bridgehead atoms. The van der Waals surface area contributed by atoms with E-state index in [1.54, 1.807) is 0 Å². The summed E-state index contributed by atoms with van der Waals surface area (Å²) in [5, 5.41) is 9.76. The van der Waals surface area contributed by atoms with E-state index in [-0.39, 0.29) is 17.0 Å². The van der Waals surface area contributed by atoms with Crippen molar-refractivity contribution in [1.82, 2.24) is 0 Å². The highest BCUT2D eigenvalue weighted by molar-refractivity contribution is 6.06. The van der Waals surface area contributed by atoms with Gasteiger partial charge in [0.15, 0.2) is 6.29 Å². The molecule has 8 heteroatoms. The number of rotatable bonds is 2. The van der Waals surface area contributed by atoms with E-state index in [0.717, 1.165) is 12.3 Å². The fraction of sp³-hybridized carbons (Fsp3) is 0.250. The van der Waals surface area contributed by atoms with E-state index in [9.17, 15) is 14.3 Å². The van der Waals surface area contributed by atoms with Crippen LogP contribution in [-0.4, -0.2) is 36.5 Å². The first-order valence-electron chi connectivity index (χ1n) is 5.63. The van der Waals surface area contributed by atoms with Crippen LogP contribution < -0.4 is 11.5 Å². The molecule has 2 rings (SSSR count). The number of carbonyl (C=O) groups excluding carboxylic acids is 1. The Bertz CT molecular complexity index is 617. The number of hydrogen-bond acceptors (Lipinski definition) is 7. The second kappa shape index (κ2) is 4.89. The van der Waals surface area contributed by atoms with Crippen molar-refractivity contribution >= 4 is 18.0 Å². The average molecular weight is 280 g/mol. The number of ether oxygens (including phenoxy) is 1. The maximum absolute atomic E-state index is 14.8. The number of nitrogens with two attached hydrogens (primary N) is 2. The van der Waals surface area contributed by atoms with Gasteiger partial charge in [0, 0.05) is 5.56 Å². The second-order valence-corrected chi connectivity index (χ2v) is 4.14. The van der Waals surface area contributed by atoms with Crippen LogP contribution in [0.5, 0.6) is 5.75 Å². The van der Waals surface area contributed by atoms with Gasteiger partial charge in [-0.3, -0.25) is 10.7 Å². The summed E-state index contributed by atoms with van der Waals surface area (Å²) in [6.45, 7) is 0. The molecule has 20 heavy (non-hydrogen) atoms. The first-order valence-corrected chi connectivity index (χ1v) is 5.63. The number of benzene rings is 1. The lowest BCUT2D eigenvalue weighted by Crippen LogP contribution is -2.44. The lowest BCUT2D eigenvalue weighted by molar-refractivity contribution is 0.0597. The van der Waals surface area contributed by atoms with E-state index >= 15 is 0 Å². The fourth-order valence-corrected chi connectivity index (χ4v) is 1.78. The number of phenolic OH excluding ortho intramolecular Hbond substituents is 1. The number of aliphatic imine (C=N–C) groups is 2. The number of methoxy groups -OCH3 is 1. The number of carbonyl (C=O) groups is 1. The van der Waals surface area contributed by atoms with Gasteiger partial charge in [-0.05, 0) is 12.1 Å². The number of aromatic hydroxyl groups is 1. The zero-order chi connectivity index (χ0) is 14.9. The van der Waals surface area contributed by atoms with E-state index in [0.29, 0.717) is 0 Å². The van der Waals surface area contributed by atoms with Crippen molar-refractivity contribution in [3.63, 3.8) is 0 Å². The summed E-state index contributed by atoms with van der Waals surface area (Å²) in [7, 11) is 1.17. The van der Waals surface area contributed by atoms with Crippen molar-refractivity contribution in [1.29, 1.82) is 0 Å². The summed E-state index contributed by atoms with van der Waals surface area (Å²) in [6.07, 6.45) is -0.0196. The molecule has 2 unspecified atom stereocenters. The summed E-state index contributed by atoms with van der Waals surface area (Å²) in [4.78, 5) is 18.6. The minimum Gasteiger partial charge on any atom is -0.507 e. The van der Waals surface area contributed by atoms with Crippen molar-refractivity contribution in [2.75, 3.05) is 7.11 Å². The standard InChI is InChI=1S/C12H13FN4O3/c1-20-9(19)7-3-2-6(4-8(7)18)12(13)5-16-11(15)17-10(12)14/h2-5,11,18H,15H2,1H3,(H2,14,17).